The van der Waals surface area contributed by atoms with Crippen molar-refractivity contribution in [3.8, 4) is 5.88 Å². The van der Waals surface area contributed by atoms with Gasteiger partial charge in [0.2, 0.25) is 5.88 Å². The van der Waals surface area contributed by atoms with Crippen LogP contribution in [0.25, 0.3) is 10.8 Å². The van der Waals surface area contributed by atoms with E-state index in [0.29, 0.717) is 5.88 Å². The van der Waals surface area contributed by atoms with Crippen molar-refractivity contribution in [2.75, 3.05) is 7.11 Å². The second kappa shape index (κ2) is 4.72. The summed E-state index contributed by atoms with van der Waals surface area (Å²) in [7, 11) is 1.27. The van der Waals surface area contributed by atoms with Crippen LogP contribution in [0, 0.1) is 0 Å². The standard InChI is InChI=1S/C16H20BNO3/c1-15(2)16(3,4)21-17(20-15)13-7-6-11-10-18-14(19-5)9-12(11)8-13/h6-10H,1-5H3. The zero-order valence-electron chi connectivity index (χ0n) is 13.1. The van der Waals surface area contributed by atoms with Crippen LogP contribution in [0.1, 0.15) is 27.7 Å². The molecule has 4 nitrogen and oxygen atoms in total. The van der Waals surface area contributed by atoms with Crippen molar-refractivity contribution in [3.05, 3.63) is 30.5 Å². The summed E-state index contributed by atoms with van der Waals surface area (Å²) in [5.41, 5.74) is 0.347. The fourth-order valence-corrected chi connectivity index (χ4v) is 2.38. The Morgan fingerprint density at radius 1 is 1.00 bits per heavy atom. The molecule has 0 atom stereocenters. The number of hydrogen-bond donors (Lipinski definition) is 0. The molecule has 5 heteroatoms. The molecule has 0 N–H and O–H groups in total. The largest absolute Gasteiger partial charge is 0.494 e. The Hall–Kier alpha value is -1.59. The van der Waals surface area contributed by atoms with Gasteiger partial charge < -0.3 is 14.0 Å². The molecule has 1 saturated heterocycles. The van der Waals surface area contributed by atoms with Crippen molar-refractivity contribution in [2.45, 2.75) is 38.9 Å². The van der Waals surface area contributed by atoms with E-state index in [0.717, 1.165) is 16.2 Å². The van der Waals surface area contributed by atoms with E-state index in [1.807, 2.05) is 24.4 Å². The molecule has 1 aromatic carbocycles. The first-order chi connectivity index (χ1) is 9.82. The molecular weight excluding hydrogens is 265 g/mol. The van der Waals surface area contributed by atoms with E-state index in [1.54, 1.807) is 7.11 Å². The van der Waals surface area contributed by atoms with E-state index >= 15 is 0 Å². The van der Waals surface area contributed by atoms with Gasteiger partial charge in [-0.25, -0.2) is 4.98 Å². The van der Waals surface area contributed by atoms with Gasteiger partial charge in [-0.15, -0.1) is 0 Å². The second-order valence-electron chi connectivity index (χ2n) is 6.42. The molecule has 1 aromatic heterocycles. The summed E-state index contributed by atoms with van der Waals surface area (Å²) in [6.45, 7) is 8.23. The Morgan fingerprint density at radius 3 is 2.29 bits per heavy atom. The van der Waals surface area contributed by atoms with Crippen molar-refractivity contribution in [1.29, 1.82) is 0 Å². The van der Waals surface area contributed by atoms with Gasteiger partial charge >= 0.3 is 7.12 Å². The molecule has 1 fully saturated rings. The van der Waals surface area contributed by atoms with Gasteiger partial charge in [0, 0.05) is 17.6 Å². The summed E-state index contributed by atoms with van der Waals surface area (Å²) in [5.74, 6) is 0.605. The molecule has 0 saturated carbocycles. The highest BCUT2D eigenvalue weighted by Gasteiger charge is 2.51. The maximum Gasteiger partial charge on any atom is 0.494 e. The van der Waals surface area contributed by atoms with Crippen LogP contribution in [0.5, 0.6) is 5.88 Å². The number of aromatic nitrogens is 1. The number of hydrogen-bond acceptors (Lipinski definition) is 4. The summed E-state index contributed by atoms with van der Waals surface area (Å²) in [5, 5.41) is 2.13. The van der Waals surface area contributed by atoms with Gasteiger partial charge in [0.15, 0.2) is 0 Å². The minimum Gasteiger partial charge on any atom is -0.481 e. The molecule has 0 aliphatic carbocycles. The summed E-state index contributed by atoms with van der Waals surface area (Å²) >= 11 is 0. The molecule has 2 aromatic rings. The Bertz CT molecular complexity index is 668. The van der Waals surface area contributed by atoms with Crippen molar-refractivity contribution in [2.24, 2.45) is 0 Å². The van der Waals surface area contributed by atoms with Crippen LogP contribution < -0.4 is 10.2 Å². The molecule has 0 bridgehead atoms. The smallest absolute Gasteiger partial charge is 0.481 e. The maximum atomic E-state index is 6.09. The number of pyridine rings is 1. The fourth-order valence-electron chi connectivity index (χ4n) is 2.38. The lowest BCUT2D eigenvalue weighted by Gasteiger charge is -2.32. The Morgan fingerprint density at radius 2 is 1.67 bits per heavy atom. The van der Waals surface area contributed by atoms with E-state index in [2.05, 4.69) is 38.7 Å². The Balaban J connectivity index is 1.98. The van der Waals surface area contributed by atoms with Gasteiger partial charge in [0.05, 0.1) is 18.3 Å². The monoisotopic (exact) mass is 285 g/mol. The maximum absolute atomic E-state index is 6.09. The molecule has 21 heavy (non-hydrogen) atoms. The number of fused-ring (bicyclic) bond motifs is 1. The van der Waals surface area contributed by atoms with Gasteiger partial charge in [-0.2, -0.15) is 0 Å². The van der Waals surface area contributed by atoms with Crippen molar-refractivity contribution in [3.63, 3.8) is 0 Å². The molecule has 2 heterocycles. The normalized spacial score (nSPS) is 20.0. The minimum atomic E-state index is -0.349. The number of benzene rings is 1. The van der Waals surface area contributed by atoms with Gasteiger partial charge in [-0.3, -0.25) is 0 Å². The molecule has 0 radical (unpaired) electrons. The zero-order chi connectivity index (χ0) is 15.3. The van der Waals surface area contributed by atoms with E-state index in [-0.39, 0.29) is 18.3 Å². The zero-order valence-corrected chi connectivity index (χ0v) is 13.1. The Kier molecular flexibility index (Phi) is 3.22. The lowest BCUT2D eigenvalue weighted by molar-refractivity contribution is 0.00578. The highest BCUT2D eigenvalue weighted by molar-refractivity contribution is 6.62. The van der Waals surface area contributed by atoms with E-state index < -0.39 is 0 Å². The highest BCUT2D eigenvalue weighted by Crippen LogP contribution is 2.36. The van der Waals surface area contributed by atoms with Gasteiger partial charge in [-0.1, -0.05) is 18.2 Å². The van der Waals surface area contributed by atoms with Crippen LogP contribution in [0.15, 0.2) is 30.5 Å². The predicted octanol–water partition coefficient (Wildman–Crippen LogP) is 2.54. The minimum absolute atomic E-state index is 0.331. The van der Waals surface area contributed by atoms with Crippen LogP contribution >= 0.6 is 0 Å². The second-order valence-corrected chi connectivity index (χ2v) is 6.42. The highest BCUT2D eigenvalue weighted by atomic mass is 16.7. The molecule has 110 valence electrons. The summed E-state index contributed by atoms with van der Waals surface area (Å²) in [4.78, 5) is 4.21. The fraction of sp³-hybridized carbons (Fsp3) is 0.438. The molecule has 1 aliphatic heterocycles. The third-order valence-corrected chi connectivity index (χ3v) is 4.46. The van der Waals surface area contributed by atoms with Gasteiger partial charge in [0.25, 0.3) is 0 Å². The van der Waals surface area contributed by atoms with E-state index in [1.165, 1.54) is 0 Å². The molecule has 0 amide bonds. The van der Waals surface area contributed by atoms with Crippen LogP contribution in [-0.4, -0.2) is 30.4 Å². The van der Waals surface area contributed by atoms with E-state index in [9.17, 15) is 0 Å². The molecule has 0 unspecified atom stereocenters. The van der Waals surface area contributed by atoms with Crippen molar-refractivity contribution >= 4 is 23.4 Å². The Labute approximate surface area is 125 Å². The summed E-state index contributed by atoms with van der Waals surface area (Å²) in [6.07, 6.45) is 1.81. The average molecular weight is 285 g/mol. The first kappa shape index (κ1) is 14.4. The first-order valence-corrected chi connectivity index (χ1v) is 7.12. The molecule has 1 aliphatic rings. The first-order valence-electron chi connectivity index (χ1n) is 7.12. The van der Waals surface area contributed by atoms with E-state index in [4.69, 9.17) is 14.0 Å². The van der Waals surface area contributed by atoms with Gasteiger partial charge in [-0.05, 0) is 38.5 Å². The third kappa shape index (κ3) is 2.41. The predicted molar refractivity (Wildman–Crippen MR) is 84.0 cm³/mol. The third-order valence-electron chi connectivity index (χ3n) is 4.46. The van der Waals surface area contributed by atoms with Crippen molar-refractivity contribution < 1.29 is 14.0 Å². The molecular formula is C16H20BNO3. The quantitative estimate of drug-likeness (QED) is 0.795. The molecule has 0 spiro atoms. The number of ether oxygens (including phenoxy) is 1. The topological polar surface area (TPSA) is 40.6 Å². The summed E-state index contributed by atoms with van der Waals surface area (Å²) < 4.78 is 17.4. The summed E-state index contributed by atoms with van der Waals surface area (Å²) in [6, 6.07) is 8.05. The van der Waals surface area contributed by atoms with Crippen LogP contribution in [0.2, 0.25) is 0 Å². The lowest BCUT2D eigenvalue weighted by Crippen LogP contribution is -2.41. The molecule has 3 rings (SSSR count). The van der Waals surface area contributed by atoms with Crippen LogP contribution in [0.3, 0.4) is 0 Å². The SMILES string of the molecule is COc1cc2cc(B3OC(C)(C)C(C)(C)O3)ccc2cn1. The lowest BCUT2D eigenvalue weighted by atomic mass is 9.78. The number of rotatable bonds is 2. The van der Waals surface area contributed by atoms with Crippen LogP contribution in [-0.2, 0) is 9.31 Å². The van der Waals surface area contributed by atoms with Gasteiger partial charge in [0.1, 0.15) is 0 Å². The average Bonchev–Trinajstić information content (AvgIpc) is 2.66. The van der Waals surface area contributed by atoms with Crippen molar-refractivity contribution in [1.82, 2.24) is 4.98 Å². The number of nitrogens with zero attached hydrogens (tertiary/aromatic N) is 1. The van der Waals surface area contributed by atoms with Crippen LogP contribution in [0.4, 0.5) is 0 Å². The number of methoxy groups -OCH3 is 1.